The van der Waals surface area contributed by atoms with E-state index in [4.69, 9.17) is 9.97 Å². The fraction of sp³-hybridized carbons (Fsp3) is 0.320. The van der Waals surface area contributed by atoms with Crippen molar-refractivity contribution in [3.05, 3.63) is 120 Å². The first-order valence-electron chi connectivity index (χ1n) is 19.4. The molecule has 8 aromatic rings. The standard InChI is InChI=1S/C50H54N4/c1-47(2,3)33-21-22-41-38(26-33)40-29-35(49(7,8)9)28-39(44(40)52-41)36-19-14-20-42-45(36)53-46(54(42)50(10,11)12)32-17-13-16-30(24-32)37-27-34(48(4,5)6)25-31-18-15-23-51-43(31)37/h13-29,52H,1-12H3. The largest absolute Gasteiger partial charge is 0.354 e. The molecule has 3 aromatic heterocycles. The van der Waals surface area contributed by atoms with Crippen molar-refractivity contribution in [2.45, 2.75) is 105 Å². The summed E-state index contributed by atoms with van der Waals surface area (Å²) in [5.41, 5.74) is 14.9. The van der Waals surface area contributed by atoms with Gasteiger partial charge in [0.2, 0.25) is 0 Å². The summed E-state index contributed by atoms with van der Waals surface area (Å²) in [6, 6.07) is 36.1. The van der Waals surface area contributed by atoms with E-state index in [-0.39, 0.29) is 21.8 Å². The van der Waals surface area contributed by atoms with Gasteiger partial charge in [-0.1, -0.05) is 105 Å². The second-order valence-corrected chi connectivity index (χ2v) is 19.4. The molecular formula is C50H54N4. The van der Waals surface area contributed by atoms with Crippen molar-refractivity contribution in [2.24, 2.45) is 0 Å². The quantitative estimate of drug-likeness (QED) is 0.198. The molecule has 4 heteroatoms. The van der Waals surface area contributed by atoms with Crippen LogP contribution >= 0.6 is 0 Å². The fourth-order valence-electron chi connectivity index (χ4n) is 7.97. The van der Waals surface area contributed by atoms with Gasteiger partial charge in [-0.2, -0.15) is 0 Å². The highest BCUT2D eigenvalue weighted by Crippen LogP contribution is 2.43. The van der Waals surface area contributed by atoms with E-state index in [1.807, 2.05) is 12.3 Å². The van der Waals surface area contributed by atoms with Crippen LogP contribution in [0.2, 0.25) is 0 Å². The van der Waals surface area contributed by atoms with E-state index in [9.17, 15) is 0 Å². The van der Waals surface area contributed by atoms with Gasteiger partial charge in [0, 0.05) is 55.7 Å². The molecular weight excluding hydrogens is 657 g/mol. The van der Waals surface area contributed by atoms with Crippen LogP contribution in [0.4, 0.5) is 0 Å². The normalized spacial score (nSPS) is 13.2. The molecule has 5 aromatic carbocycles. The number of aromatic nitrogens is 4. The van der Waals surface area contributed by atoms with Gasteiger partial charge >= 0.3 is 0 Å². The highest BCUT2D eigenvalue weighted by molar-refractivity contribution is 6.14. The number of fused-ring (bicyclic) bond motifs is 5. The Morgan fingerprint density at radius 3 is 1.87 bits per heavy atom. The molecule has 54 heavy (non-hydrogen) atoms. The second-order valence-electron chi connectivity index (χ2n) is 19.4. The summed E-state index contributed by atoms with van der Waals surface area (Å²) in [5.74, 6) is 0.964. The molecule has 0 unspecified atom stereocenters. The van der Waals surface area contributed by atoms with Crippen LogP contribution in [0.5, 0.6) is 0 Å². The highest BCUT2D eigenvalue weighted by atomic mass is 15.1. The zero-order valence-corrected chi connectivity index (χ0v) is 34.2. The van der Waals surface area contributed by atoms with Crippen LogP contribution in [0.15, 0.2) is 103 Å². The van der Waals surface area contributed by atoms with E-state index in [2.05, 4.69) is 184 Å². The lowest BCUT2D eigenvalue weighted by Gasteiger charge is -2.25. The van der Waals surface area contributed by atoms with E-state index in [1.165, 1.54) is 33.0 Å². The number of nitrogens with zero attached hydrogens (tertiary/aromatic N) is 3. The van der Waals surface area contributed by atoms with Crippen LogP contribution in [0.25, 0.3) is 77.4 Å². The van der Waals surface area contributed by atoms with Gasteiger partial charge in [-0.15, -0.1) is 0 Å². The smallest absolute Gasteiger partial charge is 0.141 e. The average Bonchev–Trinajstić information content (AvgIpc) is 3.69. The number of nitrogens with one attached hydrogen (secondary N) is 1. The maximum Gasteiger partial charge on any atom is 0.141 e. The van der Waals surface area contributed by atoms with Crippen molar-refractivity contribution in [1.29, 1.82) is 0 Å². The first-order valence-corrected chi connectivity index (χ1v) is 19.4. The Hall–Kier alpha value is -5.22. The number of imidazole rings is 1. The third-order valence-corrected chi connectivity index (χ3v) is 11.1. The molecule has 0 atom stereocenters. The molecule has 0 fully saturated rings. The maximum absolute atomic E-state index is 5.61. The minimum Gasteiger partial charge on any atom is -0.354 e. The Morgan fingerprint density at radius 2 is 1.17 bits per heavy atom. The van der Waals surface area contributed by atoms with E-state index >= 15 is 0 Å². The Kier molecular flexibility index (Phi) is 8.05. The molecule has 0 bridgehead atoms. The Morgan fingerprint density at radius 1 is 0.519 bits per heavy atom. The first-order chi connectivity index (χ1) is 25.3. The number of aromatic amines is 1. The number of pyridine rings is 1. The number of hydrogen-bond acceptors (Lipinski definition) is 2. The van der Waals surface area contributed by atoms with Gasteiger partial charge in [0.05, 0.1) is 22.1 Å². The van der Waals surface area contributed by atoms with Crippen molar-refractivity contribution in [3.8, 4) is 33.6 Å². The van der Waals surface area contributed by atoms with Gasteiger partial charge in [-0.25, -0.2) is 4.98 Å². The summed E-state index contributed by atoms with van der Waals surface area (Å²) >= 11 is 0. The van der Waals surface area contributed by atoms with Crippen LogP contribution in [-0.4, -0.2) is 19.5 Å². The molecule has 0 saturated carbocycles. The summed E-state index contributed by atoms with van der Waals surface area (Å²) in [6.45, 7) is 27.5. The zero-order chi connectivity index (χ0) is 38.5. The minimum absolute atomic E-state index is 0.00256. The molecule has 0 saturated heterocycles. The molecule has 0 spiro atoms. The zero-order valence-electron chi connectivity index (χ0n) is 34.2. The molecule has 0 aliphatic heterocycles. The third-order valence-electron chi connectivity index (χ3n) is 11.1. The summed E-state index contributed by atoms with van der Waals surface area (Å²) in [5, 5.41) is 3.69. The predicted octanol–water partition coefficient (Wildman–Crippen LogP) is 13.9. The first kappa shape index (κ1) is 35.8. The third kappa shape index (κ3) is 6.10. The van der Waals surface area contributed by atoms with Crippen LogP contribution in [-0.2, 0) is 21.8 Å². The number of H-pyrrole nitrogens is 1. The average molecular weight is 711 g/mol. The lowest BCUT2D eigenvalue weighted by molar-refractivity contribution is 0.413. The van der Waals surface area contributed by atoms with Gasteiger partial charge < -0.3 is 9.55 Å². The van der Waals surface area contributed by atoms with Crippen molar-refractivity contribution in [3.63, 3.8) is 0 Å². The van der Waals surface area contributed by atoms with Gasteiger partial charge in [0.1, 0.15) is 5.82 Å². The summed E-state index contributed by atoms with van der Waals surface area (Å²) in [6.07, 6.45) is 1.90. The van der Waals surface area contributed by atoms with Gasteiger partial charge in [-0.05, 0) is 114 Å². The maximum atomic E-state index is 5.61. The number of rotatable bonds is 3. The fourth-order valence-corrected chi connectivity index (χ4v) is 7.97. The van der Waals surface area contributed by atoms with Gasteiger partial charge in [0.25, 0.3) is 0 Å². The summed E-state index contributed by atoms with van der Waals surface area (Å²) in [4.78, 5) is 14.4. The molecule has 3 heterocycles. The summed E-state index contributed by atoms with van der Waals surface area (Å²) in [7, 11) is 0. The lowest BCUT2D eigenvalue weighted by atomic mass is 9.83. The van der Waals surface area contributed by atoms with E-state index in [0.717, 1.165) is 61.0 Å². The Balaban J connectivity index is 1.39. The SMILES string of the molecule is CC(C)(C)c1cc(-c2cccc(-c3nc4c(-c5cc(C(C)(C)C)cc6c5[nH]c5ccc(C(C)(C)C)cc56)cccc4n3C(C)(C)C)c2)c2ncccc2c1. The van der Waals surface area contributed by atoms with Crippen molar-refractivity contribution in [2.75, 3.05) is 0 Å². The van der Waals surface area contributed by atoms with Crippen LogP contribution in [0.1, 0.15) is 99.8 Å². The number of hydrogen-bond donors (Lipinski definition) is 1. The molecule has 274 valence electrons. The molecule has 0 aliphatic rings. The van der Waals surface area contributed by atoms with Crippen LogP contribution < -0.4 is 0 Å². The highest BCUT2D eigenvalue weighted by Gasteiger charge is 2.27. The predicted molar refractivity (Wildman–Crippen MR) is 232 cm³/mol. The monoisotopic (exact) mass is 710 g/mol. The molecule has 0 radical (unpaired) electrons. The minimum atomic E-state index is -0.230. The van der Waals surface area contributed by atoms with Crippen LogP contribution in [0.3, 0.4) is 0 Å². The second kappa shape index (κ2) is 12.1. The molecule has 0 aliphatic carbocycles. The van der Waals surface area contributed by atoms with E-state index in [0.29, 0.717) is 0 Å². The Labute approximate surface area is 320 Å². The molecule has 8 rings (SSSR count). The lowest BCUT2D eigenvalue weighted by Crippen LogP contribution is -2.22. The molecule has 1 N–H and O–H groups in total. The molecule has 0 amide bonds. The van der Waals surface area contributed by atoms with Crippen molar-refractivity contribution < 1.29 is 0 Å². The Bertz CT molecular complexity index is 2740. The van der Waals surface area contributed by atoms with Gasteiger partial charge in [0.15, 0.2) is 0 Å². The number of benzene rings is 5. The van der Waals surface area contributed by atoms with E-state index in [1.54, 1.807) is 0 Å². The summed E-state index contributed by atoms with van der Waals surface area (Å²) < 4.78 is 2.43. The van der Waals surface area contributed by atoms with Crippen molar-refractivity contribution in [1.82, 2.24) is 19.5 Å². The molecule has 4 nitrogen and oxygen atoms in total. The van der Waals surface area contributed by atoms with E-state index < -0.39 is 0 Å². The van der Waals surface area contributed by atoms with Crippen LogP contribution in [0, 0.1) is 0 Å². The number of para-hydroxylation sites is 1. The van der Waals surface area contributed by atoms with Gasteiger partial charge in [-0.3, -0.25) is 4.98 Å². The topological polar surface area (TPSA) is 46.5 Å². The van der Waals surface area contributed by atoms with Crippen molar-refractivity contribution >= 4 is 43.7 Å².